The molecule has 0 amide bonds. The van der Waals surface area contributed by atoms with E-state index in [2.05, 4.69) is 224 Å². The maximum Gasteiger partial charge on any atom is 0.252 e. The molecule has 4 aliphatic heterocycles. The van der Waals surface area contributed by atoms with Crippen LogP contribution < -0.4 is 49.2 Å². The number of benzene rings is 7. The molecular weight excluding hydrogens is 829 g/mol. The number of hydrogen-bond acceptors (Lipinski definition) is 0. The van der Waals surface area contributed by atoms with Crippen molar-refractivity contribution in [2.45, 2.75) is 145 Å². The third-order valence-electron chi connectivity index (χ3n) is 17.1. The maximum atomic E-state index is 2.87. The topological polar surface area (TPSA) is 9.86 Å². The average molecular weight is 897 g/mol. The molecule has 69 heavy (non-hydrogen) atoms. The fourth-order valence-electron chi connectivity index (χ4n) is 14.6. The zero-order valence-corrected chi connectivity index (χ0v) is 44.4. The Hall–Kier alpha value is -5.67. The van der Waals surface area contributed by atoms with Gasteiger partial charge in [-0.15, -0.1) is 0 Å². The van der Waals surface area contributed by atoms with Crippen molar-refractivity contribution < 1.29 is 0 Å². The highest BCUT2D eigenvalue weighted by atomic mass is 15.1. The first-order chi connectivity index (χ1) is 32.3. The standard InChI is InChI=1S/C64H67B3N2/c1-34-20-18-22-36(32-34)65-42-28-24-38(60(3,4)5)46-48-40(62(9,10)11)26-30-44-56(48)68(54(42)46)58-51(65)50(64(15,16)17)52-59-53(58)67(44)45-31-27-41(63(12,13)14)49-47-39(61(6,7)8)25-29-43(55(47)69(59)57(45)49)66(52)37-23-19-21-35(2)33-37/h18-33H,1-17H3. The van der Waals surface area contributed by atoms with Crippen molar-refractivity contribution in [3.63, 3.8) is 0 Å². The maximum absolute atomic E-state index is 2.87. The molecule has 0 bridgehead atoms. The van der Waals surface area contributed by atoms with E-state index in [4.69, 9.17) is 0 Å². The predicted octanol–water partition coefficient (Wildman–Crippen LogP) is 9.79. The van der Waals surface area contributed by atoms with Crippen molar-refractivity contribution >= 4 is 113 Å². The fraction of sp³-hybridized carbons (Fsp3) is 0.344. The second kappa shape index (κ2) is 13.2. The van der Waals surface area contributed by atoms with Crippen LogP contribution in [0, 0.1) is 13.8 Å². The van der Waals surface area contributed by atoms with Gasteiger partial charge in [-0.2, -0.15) is 0 Å². The van der Waals surface area contributed by atoms with Gasteiger partial charge in [0.25, 0.3) is 6.71 Å². The summed E-state index contributed by atoms with van der Waals surface area (Å²) in [7, 11) is 0. The van der Waals surface area contributed by atoms with Crippen LogP contribution in [0.3, 0.4) is 0 Å². The molecule has 2 nitrogen and oxygen atoms in total. The first kappa shape index (κ1) is 43.4. The van der Waals surface area contributed by atoms with Gasteiger partial charge in [0.1, 0.15) is 0 Å². The van der Waals surface area contributed by atoms with Gasteiger partial charge in [0.2, 0.25) is 13.4 Å². The number of nitrogens with zero attached hydrogens (tertiary/aromatic N) is 2. The number of rotatable bonds is 2. The number of fused-ring (bicyclic) bond motifs is 4. The van der Waals surface area contributed by atoms with Gasteiger partial charge in [-0.25, -0.2) is 0 Å². The van der Waals surface area contributed by atoms with Crippen LogP contribution in [0.2, 0.25) is 0 Å². The second-order valence-corrected chi connectivity index (χ2v) is 27.1. The van der Waals surface area contributed by atoms with Crippen molar-refractivity contribution in [2.75, 3.05) is 0 Å². The van der Waals surface area contributed by atoms with Crippen molar-refractivity contribution in [3.8, 4) is 11.4 Å². The van der Waals surface area contributed by atoms with Gasteiger partial charge in [0, 0.05) is 55.0 Å². The molecule has 0 saturated heterocycles. The Morgan fingerprint density at radius 1 is 0.333 bits per heavy atom. The van der Waals surface area contributed by atoms with Gasteiger partial charge in [-0.3, -0.25) is 0 Å². The molecule has 0 atom stereocenters. The van der Waals surface area contributed by atoms with E-state index in [0.29, 0.717) is 0 Å². The molecule has 5 heteroatoms. The lowest BCUT2D eigenvalue weighted by molar-refractivity contribution is 0.592. The highest BCUT2D eigenvalue weighted by molar-refractivity contribution is 7.06. The molecule has 6 heterocycles. The predicted molar refractivity (Wildman–Crippen MR) is 305 cm³/mol. The van der Waals surface area contributed by atoms with Crippen LogP contribution in [0.1, 0.15) is 143 Å². The van der Waals surface area contributed by atoms with Crippen LogP contribution in [0.15, 0.2) is 97.1 Å². The summed E-state index contributed by atoms with van der Waals surface area (Å²) in [6.07, 6.45) is 0. The Morgan fingerprint density at radius 2 is 0.638 bits per heavy atom. The summed E-state index contributed by atoms with van der Waals surface area (Å²) >= 11 is 0. The molecule has 0 saturated carbocycles. The highest BCUT2D eigenvalue weighted by Crippen LogP contribution is 2.49. The lowest BCUT2D eigenvalue weighted by atomic mass is 9.26. The van der Waals surface area contributed by atoms with Crippen LogP contribution in [0.25, 0.3) is 55.0 Å². The first-order valence-corrected chi connectivity index (χ1v) is 26.0. The summed E-state index contributed by atoms with van der Waals surface area (Å²) in [5, 5.41) is 5.83. The van der Waals surface area contributed by atoms with Crippen molar-refractivity contribution in [3.05, 3.63) is 136 Å². The summed E-state index contributed by atoms with van der Waals surface area (Å²) in [5.41, 5.74) is 31.0. The van der Waals surface area contributed by atoms with Gasteiger partial charge in [-0.05, 0) is 107 Å². The molecule has 13 rings (SSSR count). The van der Waals surface area contributed by atoms with Crippen LogP contribution in [-0.2, 0) is 27.1 Å². The van der Waals surface area contributed by atoms with Crippen LogP contribution in [0.4, 0.5) is 0 Å². The molecule has 0 spiro atoms. The molecule has 0 radical (unpaired) electrons. The van der Waals surface area contributed by atoms with E-state index in [9.17, 15) is 0 Å². The molecule has 7 aromatic carbocycles. The molecule has 4 aliphatic rings. The monoisotopic (exact) mass is 897 g/mol. The van der Waals surface area contributed by atoms with E-state index in [1.54, 1.807) is 0 Å². The lowest BCUT2D eigenvalue weighted by Gasteiger charge is -2.46. The summed E-state index contributed by atoms with van der Waals surface area (Å²) < 4.78 is 5.75. The Balaban J connectivity index is 1.39. The van der Waals surface area contributed by atoms with Crippen molar-refractivity contribution in [1.29, 1.82) is 0 Å². The summed E-state index contributed by atoms with van der Waals surface area (Å²) in [5.74, 6) is 0. The molecule has 0 N–H and O–H groups in total. The summed E-state index contributed by atoms with van der Waals surface area (Å²) in [6, 6.07) is 39.6. The largest absolute Gasteiger partial charge is 0.311 e. The van der Waals surface area contributed by atoms with E-state index in [1.807, 2.05) is 0 Å². The van der Waals surface area contributed by atoms with Crippen LogP contribution in [0.5, 0.6) is 0 Å². The normalized spacial score (nSPS) is 14.9. The highest BCUT2D eigenvalue weighted by Gasteiger charge is 2.53. The number of aryl methyl sites for hydroxylation is 2. The van der Waals surface area contributed by atoms with Gasteiger partial charge >= 0.3 is 0 Å². The average Bonchev–Trinajstić information content (AvgIpc) is 3.78. The second-order valence-electron chi connectivity index (χ2n) is 27.1. The zero-order valence-electron chi connectivity index (χ0n) is 44.4. The molecular formula is C64H67B3N2. The SMILES string of the molecule is Cc1cccc(B2c3c4c5c6c(c3C(C)(C)C)B(c3cccc(C)c3)c3ccc(C(C)(C)C)c7c8c(C(C)(C)C)ccc(c8n-6c37)B5c3ccc(C(C)(C)C)c5c6c(C(C)(C)C)ccc2c6n-4c35)c1. The Morgan fingerprint density at radius 3 is 0.913 bits per heavy atom. The van der Waals surface area contributed by atoms with Crippen LogP contribution in [-0.4, -0.2) is 29.3 Å². The van der Waals surface area contributed by atoms with Crippen molar-refractivity contribution in [2.24, 2.45) is 0 Å². The quantitative estimate of drug-likeness (QED) is 0.153. The summed E-state index contributed by atoms with van der Waals surface area (Å²) in [4.78, 5) is 0. The number of aromatic nitrogens is 2. The van der Waals surface area contributed by atoms with Gasteiger partial charge < -0.3 is 9.13 Å². The minimum absolute atomic E-state index is 0.0291. The lowest BCUT2D eigenvalue weighted by Crippen LogP contribution is -2.71. The Kier molecular flexibility index (Phi) is 8.29. The first-order valence-electron chi connectivity index (χ1n) is 26.0. The minimum Gasteiger partial charge on any atom is -0.311 e. The third kappa shape index (κ3) is 5.43. The zero-order chi connectivity index (χ0) is 48.7. The van der Waals surface area contributed by atoms with E-state index in [-0.39, 0.29) is 47.2 Å². The number of hydrogen-bond donors (Lipinski definition) is 0. The third-order valence-corrected chi connectivity index (χ3v) is 17.1. The molecule has 9 aromatic rings. The van der Waals surface area contributed by atoms with E-state index >= 15 is 0 Å². The molecule has 2 aromatic heterocycles. The molecule has 0 unspecified atom stereocenters. The van der Waals surface area contributed by atoms with Gasteiger partial charge in [-0.1, -0.05) is 223 Å². The molecule has 0 aliphatic carbocycles. The van der Waals surface area contributed by atoms with Crippen molar-refractivity contribution in [1.82, 2.24) is 9.13 Å². The van der Waals surface area contributed by atoms with Crippen LogP contribution >= 0.6 is 0 Å². The molecule has 342 valence electrons. The van der Waals surface area contributed by atoms with Gasteiger partial charge in [0.15, 0.2) is 0 Å². The smallest absolute Gasteiger partial charge is 0.252 e. The minimum atomic E-state index is -0.223. The van der Waals surface area contributed by atoms with E-state index in [0.717, 1.165) is 0 Å². The summed E-state index contributed by atoms with van der Waals surface area (Å²) in [6.45, 7) is 41.4. The van der Waals surface area contributed by atoms with E-state index < -0.39 is 0 Å². The van der Waals surface area contributed by atoms with E-state index in [1.165, 1.54) is 143 Å². The molecule has 0 fully saturated rings. The van der Waals surface area contributed by atoms with Gasteiger partial charge in [0.05, 0.1) is 0 Å². The Bertz CT molecular complexity index is 3600. The fourth-order valence-corrected chi connectivity index (χ4v) is 14.6. The Labute approximate surface area is 412 Å².